The smallest absolute Gasteiger partial charge is 0.187 e. The number of aliphatic hydroxyl groups is 9. The maximum atomic E-state index is 10.2. The summed E-state index contributed by atoms with van der Waals surface area (Å²) in [5.41, 5.74) is 0. The predicted molar refractivity (Wildman–Crippen MR) is 98.4 cm³/mol. The second-order valence-electron chi connectivity index (χ2n) is 8.34. The van der Waals surface area contributed by atoms with Crippen LogP contribution in [0.15, 0.2) is 0 Å². The van der Waals surface area contributed by atoms with Gasteiger partial charge in [0, 0.05) is 0 Å². The molecule has 0 spiro atoms. The van der Waals surface area contributed by atoms with Gasteiger partial charge >= 0.3 is 0 Å². The molecule has 3 heterocycles. The lowest BCUT2D eigenvalue weighted by Gasteiger charge is -2.45. The lowest BCUT2D eigenvalue weighted by molar-refractivity contribution is -0.358. The van der Waals surface area contributed by atoms with E-state index in [-0.39, 0.29) is 0 Å². The van der Waals surface area contributed by atoms with Gasteiger partial charge in [-0.2, -0.15) is 0 Å². The van der Waals surface area contributed by atoms with Gasteiger partial charge in [0.05, 0.1) is 18.8 Å². The molecule has 3 saturated heterocycles. The summed E-state index contributed by atoms with van der Waals surface area (Å²) < 4.78 is 26.7. The molecule has 0 bridgehead atoms. The molecule has 188 valence electrons. The van der Waals surface area contributed by atoms with Crippen LogP contribution in [0.1, 0.15) is 13.8 Å². The van der Waals surface area contributed by atoms with Crippen LogP contribution in [0, 0.1) is 0 Å². The molecule has 0 amide bonds. The van der Waals surface area contributed by atoms with Crippen LogP contribution in [-0.2, 0) is 23.7 Å². The second kappa shape index (κ2) is 10.4. The van der Waals surface area contributed by atoms with E-state index >= 15 is 0 Å². The largest absolute Gasteiger partial charge is 0.388 e. The molecule has 15 atom stereocenters. The highest BCUT2D eigenvalue weighted by molar-refractivity contribution is 4.93. The van der Waals surface area contributed by atoms with Crippen LogP contribution in [-0.4, -0.2) is 145 Å². The lowest BCUT2D eigenvalue weighted by Crippen LogP contribution is -2.64. The van der Waals surface area contributed by atoms with Crippen LogP contribution >= 0.6 is 0 Å². The van der Waals surface area contributed by atoms with Gasteiger partial charge in [0.25, 0.3) is 0 Å². The summed E-state index contributed by atoms with van der Waals surface area (Å²) >= 11 is 0. The van der Waals surface area contributed by atoms with E-state index in [0.29, 0.717) is 0 Å². The summed E-state index contributed by atoms with van der Waals surface area (Å²) in [7, 11) is 0. The van der Waals surface area contributed by atoms with Crippen molar-refractivity contribution >= 4 is 0 Å². The van der Waals surface area contributed by atoms with E-state index < -0.39 is 98.7 Å². The average molecular weight is 472 g/mol. The molecule has 3 aliphatic heterocycles. The highest BCUT2D eigenvalue weighted by Crippen LogP contribution is 2.29. The van der Waals surface area contributed by atoms with Crippen molar-refractivity contribution in [2.75, 3.05) is 6.61 Å². The van der Waals surface area contributed by atoms with E-state index in [9.17, 15) is 46.0 Å². The standard InChI is InChI=1S/C18H32O14/c1-4-7(19)9(21)13(25)17(30-4)28-3-6-8(20)10(22)14(26)18(31-6)32-15-5(2)29-16(27)12(24)11(15)23/h4-27H,3H2,1-2H3/t4-,5-,6-,7-,8-,9+,10+,11-,12-,13-,14-,15+,16-,17-,18+/m1/s1. The monoisotopic (exact) mass is 472 g/mol. The van der Waals surface area contributed by atoms with Crippen molar-refractivity contribution in [1.29, 1.82) is 0 Å². The minimum absolute atomic E-state index is 0.483. The maximum Gasteiger partial charge on any atom is 0.187 e. The van der Waals surface area contributed by atoms with E-state index in [0.717, 1.165) is 0 Å². The summed E-state index contributed by atoms with van der Waals surface area (Å²) in [6, 6.07) is 0. The summed E-state index contributed by atoms with van der Waals surface area (Å²) in [6.45, 7) is 2.41. The van der Waals surface area contributed by atoms with Gasteiger partial charge in [-0.15, -0.1) is 0 Å². The Morgan fingerprint density at radius 1 is 0.562 bits per heavy atom. The van der Waals surface area contributed by atoms with Gasteiger partial charge < -0.3 is 69.6 Å². The summed E-state index contributed by atoms with van der Waals surface area (Å²) in [5.74, 6) is 0. The normalized spacial score (nSPS) is 55.0. The Morgan fingerprint density at radius 2 is 1.16 bits per heavy atom. The van der Waals surface area contributed by atoms with Gasteiger partial charge in [-0.25, -0.2) is 0 Å². The zero-order valence-corrected chi connectivity index (χ0v) is 17.4. The minimum Gasteiger partial charge on any atom is -0.388 e. The highest BCUT2D eigenvalue weighted by atomic mass is 16.7. The highest BCUT2D eigenvalue weighted by Gasteiger charge is 2.50. The number of ether oxygens (including phenoxy) is 5. The Labute approximate surface area is 183 Å². The van der Waals surface area contributed by atoms with Gasteiger partial charge in [-0.05, 0) is 13.8 Å². The molecule has 3 fully saturated rings. The van der Waals surface area contributed by atoms with Gasteiger partial charge in [-0.1, -0.05) is 0 Å². The third kappa shape index (κ3) is 5.08. The Hall–Kier alpha value is -0.560. The van der Waals surface area contributed by atoms with Gasteiger partial charge in [0.1, 0.15) is 61.0 Å². The van der Waals surface area contributed by atoms with Crippen LogP contribution in [0.3, 0.4) is 0 Å². The maximum absolute atomic E-state index is 10.2. The number of aliphatic hydroxyl groups excluding tert-OH is 9. The molecule has 14 nitrogen and oxygen atoms in total. The quantitative estimate of drug-likeness (QED) is 0.182. The zero-order valence-electron chi connectivity index (χ0n) is 17.4. The molecular weight excluding hydrogens is 440 g/mol. The number of hydrogen-bond acceptors (Lipinski definition) is 14. The molecule has 9 N–H and O–H groups in total. The van der Waals surface area contributed by atoms with E-state index in [1.54, 1.807) is 0 Å². The fourth-order valence-corrected chi connectivity index (χ4v) is 3.87. The van der Waals surface area contributed by atoms with E-state index in [1.165, 1.54) is 13.8 Å². The van der Waals surface area contributed by atoms with Crippen LogP contribution in [0.25, 0.3) is 0 Å². The van der Waals surface area contributed by atoms with Crippen molar-refractivity contribution in [3.05, 3.63) is 0 Å². The molecule has 3 rings (SSSR count). The molecule has 0 aromatic rings. The first-order chi connectivity index (χ1) is 14.9. The van der Waals surface area contributed by atoms with Gasteiger partial charge in [0.15, 0.2) is 18.9 Å². The van der Waals surface area contributed by atoms with Crippen LogP contribution in [0.5, 0.6) is 0 Å². The molecule has 0 aromatic heterocycles. The SMILES string of the molecule is C[C@H]1O[C@@H](OC[C@H]2O[C@@H](O[C@@H]3[C@H](O)[C@@H](O)[C@H](O)O[C@@H]3C)[C@H](O)[C@@H](O)[C@@H]2O)[C@H](O)[C@@H](O)[C@@H]1O. The second-order valence-corrected chi connectivity index (χ2v) is 8.34. The third-order valence-electron chi connectivity index (χ3n) is 5.99. The van der Waals surface area contributed by atoms with Crippen molar-refractivity contribution < 1.29 is 69.6 Å². The molecule has 14 heteroatoms. The fraction of sp³-hybridized carbons (Fsp3) is 1.00. The van der Waals surface area contributed by atoms with Crippen LogP contribution < -0.4 is 0 Å². The van der Waals surface area contributed by atoms with E-state index in [2.05, 4.69) is 0 Å². The number of hydrogen-bond donors (Lipinski definition) is 9. The topological polar surface area (TPSA) is 228 Å². The first kappa shape index (κ1) is 26.1. The molecule has 3 aliphatic rings. The summed E-state index contributed by atoms with van der Waals surface area (Å²) in [5, 5.41) is 89.8. The van der Waals surface area contributed by atoms with Crippen molar-refractivity contribution in [3.8, 4) is 0 Å². The van der Waals surface area contributed by atoms with E-state index in [4.69, 9.17) is 23.7 Å². The molecule has 0 radical (unpaired) electrons. The average Bonchev–Trinajstić information content (AvgIpc) is 2.75. The Kier molecular flexibility index (Phi) is 8.44. The first-order valence-electron chi connectivity index (χ1n) is 10.3. The van der Waals surface area contributed by atoms with Crippen LogP contribution in [0.2, 0.25) is 0 Å². The summed E-state index contributed by atoms with van der Waals surface area (Å²) in [4.78, 5) is 0. The molecular formula is C18H32O14. The number of rotatable bonds is 5. The minimum atomic E-state index is -1.75. The van der Waals surface area contributed by atoms with Crippen LogP contribution in [0.4, 0.5) is 0 Å². The van der Waals surface area contributed by atoms with Gasteiger partial charge in [-0.3, -0.25) is 0 Å². The molecule has 0 aromatic carbocycles. The molecule has 0 aliphatic carbocycles. The Bertz CT molecular complexity index is 610. The molecule has 32 heavy (non-hydrogen) atoms. The van der Waals surface area contributed by atoms with Crippen molar-refractivity contribution in [1.82, 2.24) is 0 Å². The zero-order chi connectivity index (χ0) is 23.9. The first-order valence-corrected chi connectivity index (χ1v) is 10.3. The lowest BCUT2D eigenvalue weighted by atomic mass is 9.97. The third-order valence-corrected chi connectivity index (χ3v) is 5.99. The molecule has 0 unspecified atom stereocenters. The van der Waals surface area contributed by atoms with Gasteiger partial charge in [0.2, 0.25) is 0 Å². The van der Waals surface area contributed by atoms with Crippen molar-refractivity contribution in [2.24, 2.45) is 0 Å². The predicted octanol–water partition coefficient (Wildman–Crippen LogP) is -5.52. The Morgan fingerprint density at radius 3 is 1.81 bits per heavy atom. The van der Waals surface area contributed by atoms with Crippen molar-refractivity contribution in [3.63, 3.8) is 0 Å². The van der Waals surface area contributed by atoms with E-state index in [1.807, 2.05) is 0 Å². The summed E-state index contributed by atoms with van der Waals surface area (Å²) in [6.07, 6.45) is -21.9. The fourth-order valence-electron chi connectivity index (χ4n) is 3.87. The molecule has 0 saturated carbocycles. The van der Waals surface area contributed by atoms with Crippen molar-refractivity contribution in [2.45, 2.75) is 106 Å². The Balaban J connectivity index is 1.64.